The van der Waals surface area contributed by atoms with Crippen LogP contribution in [0.3, 0.4) is 0 Å². The van der Waals surface area contributed by atoms with Gasteiger partial charge >= 0.3 is 0 Å². The number of hydrogen-bond donors (Lipinski definition) is 0. The molecule has 1 aromatic rings. The van der Waals surface area contributed by atoms with Crippen LogP contribution in [0.25, 0.3) is 0 Å². The second kappa shape index (κ2) is 10.6. The topological polar surface area (TPSA) is 0 Å². The summed E-state index contributed by atoms with van der Waals surface area (Å²) in [6.07, 6.45) is 21.8. The summed E-state index contributed by atoms with van der Waals surface area (Å²) < 4.78 is 28.4. The fourth-order valence-corrected chi connectivity index (χ4v) is 7.10. The molecule has 0 bridgehead atoms. The van der Waals surface area contributed by atoms with E-state index in [4.69, 9.17) is 0 Å². The van der Waals surface area contributed by atoms with Gasteiger partial charge in [0.05, 0.1) is 0 Å². The Morgan fingerprint density at radius 1 is 0.710 bits per heavy atom. The van der Waals surface area contributed by atoms with Crippen molar-refractivity contribution in [3.8, 4) is 0 Å². The first kappa shape index (κ1) is 23.0. The van der Waals surface area contributed by atoms with Gasteiger partial charge in [-0.1, -0.05) is 31.2 Å². The SMILES string of the molecule is CCC=CC1CCC(C2CCC(C3CCC(c4ccc(C)c(F)c4F)CC3)CC2)CC1. The summed E-state index contributed by atoms with van der Waals surface area (Å²) in [5.74, 6) is 3.44. The van der Waals surface area contributed by atoms with E-state index >= 15 is 0 Å². The molecule has 172 valence electrons. The van der Waals surface area contributed by atoms with Crippen molar-refractivity contribution in [1.29, 1.82) is 0 Å². The first-order valence-electron chi connectivity index (χ1n) is 13.2. The average molecular weight is 429 g/mol. The normalized spacial score (nSPS) is 34.8. The molecule has 0 N–H and O–H groups in total. The number of hydrogen-bond acceptors (Lipinski definition) is 0. The molecule has 0 atom stereocenters. The Hall–Kier alpha value is -1.18. The Morgan fingerprint density at radius 3 is 1.71 bits per heavy atom. The largest absolute Gasteiger partial charge is 0.203 e. The first-order chi connectivity index (χ1) is 15.1. The van der Waals surface area contributed by atoms with E-state index in [0.717, 1.165) is 42.4 Å². The quantitative estimate of drug-likeness (QED) is 0.410. The highest BCUT2D eigenvalue weighted by Crippen LogP contribution is 2.47. The molecule has 0 heterocycles. The van der Waals surface area contributed by atoms with Crippen LogP contribution in [0.15, 0.2) is 24.3 Å². The molecular formula is C29H42F2. The molecule has 0 saturated heterocycles. The lowest BCUT2D eigenvalue weighted by Crippen LogP contribution is -2.29. The van der Waals surface area contributed by atoms with Crippen LogP contribution in [0.1, 0.15) is 107 Å². The van der Waals surface area contributed by atoms with Gasteiger partial charge in [0.1, 0.15) is 0 Å². The zero-order valence-electron chi connectivity index (χ0n) is 19.7. The number of allylic oxidation sites excluding steroid dienone is 2. The molecule has 0 aromatic heterocycles. The van der Waals surface area contributed by atoms with Gasteiger partial charge in [-0.3, -0.25) is 0 Å². The molecule has 3 aliphatic carbocycles. The predicted octanol–water partition coefficient (Wildman–Crippen LogP) is 9.13. The molecule has 4 rings (SSSR count). The predicted molar refractivity (Wildman–Crippen MR) is 126 cm³/mol. The molecular weight excluding hydrogens is 386 g/mol. The van der Waals surface area contributed by atoms with Gasteiger partial charge in [-0.15, -0.1) is 0 Å². The van der Waals surface area contributed by atoms with Crippen molar-refractivity contribution < 1.29 is 8.78 Å². The highest BCUT2D eigenvalue weighted by molar-refractivity contribution is 5.28. The number of benzene rings is 1. The van der Waals surface area contributed by atoms with E-state index in [9.17, 15) is 8.78 Å². The summed E-state index contributed by atoms with van der Waals surface area (Å²) in [6.45, 7) is 3.87. The minimum atomic E-state index is -0.645. The summed E-state index contributed by atoms with van der Waals surface area (Å²) in [6, 6.07) is 3.57. The van der Waals surface area contributed by atoms with Gasteiger partial charge in [-0.25, -0.2) is 8.78 Å². The van der Waals surface area contributed by atoms with Gasteiger partial charge in [0.2, 0.25) is 0 Å². The van der Waals surface area contributed by atoms with Crippen molar-refractivity contribution in [1.82, 2.24) is 0 Å². The number of halogens is 2. The van der Waals surface area contributed by atoms with Crippen LogP contribution < -0.4 is 0 Å². The average Bonchev–Trinajstić information content (AvgIpc) is 2.82. The maximum absolute atomic E-state index is 14.4. The minimum Gasteiger partial charge on any atom is -0.203 e. The highest BCUT2D eigenvalue weighted by atomic mass is 19.2. The van der Waals surface area contributed by atoms with E-state index in [-0.39, 0.29) is 5.92 Å². The van der Waals surface area contributed by atoms with Gasteiger partial charge in [-0.05, 0) is 137 Å². The molecule has 3 saturated carbocycles. The summed E-state index contributed by atoms with van der Waals surface area (Å²) in [5, 5.41) is 0. The number of rotatable bonds is 5. The molecule has 1 aromatic carbocycles. The fourth-order valence-electron chi connectivity index (χ4n) is 7.10. The van der Waals surface area contributed by atoms with Crippen molar-refractivity contribution in [2.75, 3.05) is 0 Å². The monoisotopic (exact) mass is 428 g/mol. The first-order valence-corrected chi connectivity index (χ1v) is 13.2. The van der Waals surface area contributed by atoms with E-state index in [2.05, 4.69) is 19.1 Å². The molecule has 0 aliphatic heterocycles. The summed E-state index contributed by atoms with van der Waals surface area (Å²) in [4.78, 5) is 0. The van der Waals surface area contributed by atoms with E-state index < -0.39 is 11.6 Å². The summed E-state index contributed by atoms with van der Waals surface area (Å²) in [7, 11) is 0. The van der Waals surface area contributed by atoms with Gasteiger partial charge in [0.25, 0.3) is 0 Å². The van der Waals surface area contributed by atoms with Crippen molar-refractivity contribution >= 4 is 0 Å². The third-order valence-electron chi connectivity index (χ3n) is 9.13. The lowest BCUT2D eigenvalue weighted by molar-refractivity contribution is 0.114. The van der Waals surface area contributed by atoms with Crippen LogP contribution in [0.5, 0.6) is 0 Å². The molecule has 0 nitrogen and oxygen atoms in total. The van der Waals surface area contributed by atoms with E-state index in [1.807, 2.05) is 6.07 Å². The molecule has 0 unspecified atom stereocenters. The van der Waals surface area contributed by atoms with Crippen LogP contribution in [0.4, 0.5) is 8.78 Å². The van der Waals surface area contributed by atoms with Crippen LogP contribution in [-0.2, 0) is 0 Å². The van der Waals surface area contributed by atoms with Gasteiger partial charge < -0.3 is 0 Å². The lowest BCUT2D eigenvalue weighted by Gasteiger charge is -2.41. The van der Waals surface area contributed by atoms with Gasteiger partial charge in [0, 0.05) is 0 Å². The maximum atomic E-state index is 14.4. The summed E-state index contributed by atoms with van der Waals surface area (Å²) >= 11 is 0. The van der Waals surface area contributed by atoms with Crippen molar-refractivity contribution in [3.05, 3.63) is 47.0 Å². The molecule has 31 heavy (non-hydrogen) atoms. The standard InChI is InChI=1S/C29H42F2/c1-3-4-5-21-7-9-22(10-8-21)23-11-13-24(14-12-23)25-15-17-26(18-16-25)27-19-6-20(2)28(30)29(27)31/h4-6,19,21-26H,3,7-18H2,1-2H3. The van der Waals surface area contributed by atoms with Crippen LogP contribution >= 0.6 is 0 Å². The Labute approximate surface area is 188 Å². The minimum absolute atomic E-state index is 0.208. The third kappa shape index (κ3) is 5.42. The van der Waals surface area contributed by atoms with E-state index in [1.165, 1.54) is 70.6 Å². The van der Waals surface area contributed by atoms with Gasteiger partial charge in [-0.2, -0.15) is 0 Å². The van der Waals surface area contributed by atoms with Crippen molar-refractivity contribution in [2.24, 2.45) is 29.6 Å². The second-order valence-corrected chi connectivity index (χ2v) is 10.9. The zero-order valence-corrected chi connectivity index (χ0v) is 19.7. The molecule has 3 fully saturated rings. The molecule has 0 amide bonds. The molecule has 0 radical (unpaired) electrons. The Morgan fingerprint density at radius 2 is 1.19 bits per heavy atom. The Kier molecular flexibility index (Phi) is 7.88. The zero-order chi connectivity index (χ0) is 21.8. The van der Waals surface area contributed by atoms with Crippen molar-refractivity contribution in [3.63, 3.8) is 0 Å². The van der Waals surface area contributed by atoms with Crippen LogP contribution in [0.2, 0.25) is 0 Å². The van der Waals surface area contributed by atoms with Crippen LogP contribution in [0, 0.1) is 48.1 Å². The highest BCUT2D eigenvalue weighted by Gasteiger charge is 2.35. The van der Waals surface area contributed by atoms with E-state index in [0.29, 0.717) is 11.1 Å². The smallest absolute Gasteiger partial charge is 0.162 e. The Balaban J connectivity index is 1.22. The second-order valence-electron chi connectivity index (χ2n) is 10.9. The van der Waals surface area contributed by atoms with Crippen molar-refractivity contribution in [2.45, 2.75) is 103 Å². The molecule has 2 heteroatoms. The Bertz CT molecular complexity index is 727. The van der Waals surface area contributed by atoms with E-state index in [1.54, 1.807) is 13.0 Å². The molecule has 3 aliphatic rings. The lowest BCUT2D eigenvalue weighted by atomic mass is 9.64. The third-order valence-corrected chi connectivity index (χ3v) is 9.13. The number of aryl methyl sites for hydroxylation is 1. The maximum Gasteiger partial charge on any atom is 0.162 e. The van der Waals surface area contributed by atoms with Gasteiger partial charge in [0.15, 0.2) is 11.6 Å². The summed E-state index contributed by atoms with van der Waals surface area (Å²) in [5.41, 5.74) is 1.03. The fraction of sp³-hybridized carbons (Fsp3) is 0.724. The molecule has 0 spiro atoms. The van der Waals surface area contributed by atoms with Crippen LogP contribution in [-0.4, -0.2) is 0 Å².